The summed E-state index contributed by atoms with van der Waals surface area (Å²) in [5.74, 6) is 0.969. The molecule has 142 valence electrons. The highest BCUT2D eigenvalue weighted by Crippen LogP contribution is 2.25. The van der Waals surface area contributed by atoms with Crippen molar-refractivity contribution in [2.24, 2.45) is 0 Å². The highest BCUT2D eigenvalue weighted by molar-refractivity contribution is 7.99. The fraction of sp³-hybridized carbons (Fsp3) is 0.375. The molecule has 1 heterocycles. The van der Waals surface area contributed by atoms with E-state index < -0.39 is 0 Å². The lowest BCUT2D eigenvalue weighted by Crippen LogP contribution is -2.06. The van der Waals surface area contributed by atoms with Gasteiger partial charge in [-0.25, -0.2) is 0 Å². The maximum absolute atomic E-state index is 12.4. The zero-order valence-corrected chi connectivity index (χ0v) is 17.1. The zero-order valence-electron chi connectivity index (χ0n) is 16.3. The zero-order chi connectivity index (χ0) is 19.1. The van der Waals surface area contributed by atoms with E-state index >= 15 is 0 Å². The molecule has 3 heteroatoms. The molecule has 2 aromatic carbocycles. The molecule has 0 aliphatic carbocycles. The summed E-state index contributed by atoms with van der Waals surface area (Å²) in [6, 6.07) is 16.6. The summed E-state index contributed by atoms with van der Waals surface area (Å²) in [7, 11) is 0. The van der Waals surface area contributed by atoms with Crippen molar-refractivity contribution in [2.45, 2.75) is 57.5 Å². The molecular weight excluding hydrogens is 352 g/mol. The third-order valence-electron chi connectivity index (χ3n) is 4.92. The number of rotatable bonds is 9. The molecule has 0 radical (unpaired) electrons. The van der Waals surface area contributed by atoms with Crippen LogP contribution in [-0.4, -0.2) is 5.75 Å². The van der Waals surface area contributed by atoms with Crippen LogP contribution in [0.1, 0.15) is 49.3 Å². The van der Waals surface area contributed by atoms with Crippen LogP contribution in [0.2, 0.25) is 0 Å². The summed E-state index contributed by atoms with van der Waals surface area (Å²) >= 11 is 1.66. The van der Waals surface area contributed by atoms with Crippen LogP contribution in [0.3, 0.4) is 0 Å². The Labute approximate surface area is 166 Å². The van der Waals surface area contributed by atoms with Crippen molar-refractivity contribution in [1.29, 1.82) is 0 Å². The van der Waals surface area contributed by atoms with Gasteiger partial charge in [0.1, 0.15) is 5.58 Å². The number of hydrogen-bond donors (Lipinski definition) is 0. The lowest BCUT2D eigenvalue weighted by molar-refractivity contribution is 0.492. The summed E-state index contributed by atoms with van der Waals surface area (Å²) in [6.45, 7) is 4.09. The molecule has 0 aliphatic heterocycles. The lowest BCUT2D eigenvalue weighted by Gasteiger charge is -2.07. The van der Waals surface area contributed by atoms with Crippen molar-refractivity contribution in [3.8, 4) is 0 Å². The van der Waals surface area contributed by atoms with Crippen LogP contribution in [0.15, 0.2) is 62.8 Å². The standard InChI is InChI=1S/C24H28O2S/c1-3-4-9-19-13-15-20(16-14-19)10-7-8-17-27-24-18(2)23(25)21-11-5-6-12-22(21)26-24/h5-6,11-16H,3-4,7-10,17H2,1-2H3. The van der Waals surface area contributed by atoms with Crippen LogP contribution >= 0.6 is 11.8 Å². The topological polar surface area (TPSA) is 30.2 Å². The molecule has 0 N–H and O–H groups in total. The molecule has 2 nitrogen and oxygen atoms in total. The maximum Gasteiger partial charge on any atom is 0.196 e. The fourth-order valence-electron chi connectivity index (χ4n) is 3.20. The average molecular weight is 381 g/mol. The van der Waals surface area contributed by atoms with Crippen molar-refractivity contribution >= 4 is 22.7 Å². The van der Waals surface area contributed by atoms with Crippen molar-refractivity contribution in [2.75, 3.05) is 5.75 Å². The van der Waals surface area contributed by atoms with E-state index in [1.54, 1.807) is 11.8 Å². The molecule has 0 unspecified atom stereocenters. The second-order valence-electron chi connectivity index (χ2n) is 7.07. The van der Waals surface area contributed by atoms with Crippen molar-refractivity contribution in [3.63, 3.8) is 0 Å². The number of para-hydroxylation sites is 1. The molecule has 1 aromatic heterocycles. The molecule has 0 fully saturated rings. The van der Waals surface area contributed by atoms with E-state index in [0.29, 0.717) is 11.0 Å². The largest absolute Gasteiger partial charge is 0.449 e. The second kappa shape index (κ2) is 9.80. The van der Waals surface area contributed by atoms with Crippen LogP contribution in [-0.2, 0) is 12.8 Å². The summed E-state index contributed by atoms with van der Waals surface area (Å²) in [6.07, 6.45) is 7.06. The van der Waals surface area contributed by atoms with Crippen LogP contribution in [0, 0.1) is 6.92 Å². The molecule has 0 saturated heterocycles. The molecule has 0 atom stereocenters. The van der Waals surface area contributed by atoms with E-state index in [1.165, 1.54) is 30.4 Å². The highest BCUT2D eigenvalue weighted by Gasteiger charge is 2.10. The Morgan fingerprint density at radius 1 is 0.889 bits per heavy atom. The first-order valence-corrected chi connectivity index (χ1v) is 10.9. The van der Waals surface area contributed by atoms with E-state index in [4.69, 9.17) is 4.42 Å². The Morgan fingerprint density at radius 3 is 2.26 bits per heavy atom. The van der Waals surface area contributed by atoms with Gasteiger partial charge in [0.05, 0.1) is 5.39 Å². The van der Waals surface area contributed by atoms with Gasteiger partial charge in [-0.05, 0) is 62.3 Å². The van der Waals surface area contributed by atoms with Gasteiger partial charge in [-0.15, -0.1) is 0 Å². The molecule has 0 spiro atoms. The first-order valence-electron chi connectivity index (χ1n) is 9.92. The van der Waals surface area contributed by atoms with Gasteiger partial charge in [0.25, 0.3) is 0 Å². The van der Waals surface area contributed by atoms with Crippen molar-refractivity contribution in [1.82, 2.24) is 0 Å². The van der Waals surface area contributed by atoms with E-state index in [9.17, 15) is 4.79 Å². The van der Waals surface area contributed by atoms with Crippen LogP contribution in [0.4, 0.5) is 0 Å². The van der Waals surface area contributed by atoms with Gasteiger partial charge in [-0.1, -0.05) is 61.5 Å². The summed E-state index contributed by atoms with van der Waals surface area (Å²) in [4.78, 5) is 12.4. The smallest absolute Gasteiger partial charge is 0.196 e. The highest BCUT2D eigenvalue weighted by atomic mass is 32.2. The quantitative estimate of drug-likeness (QED) is 0.311. The number of unbranched alkanes of at least 4 members (excludes halogenated alkanes) is 2. The first-order chi connectivity index (χ1) is 13.2. The van der Waals surface area contributed by atoms with E-state index in [0.717, 1.165) is 35.7 Å². The summed E-state index contributed by atoms with van der Waals surface area (Å²) < 4.78 is 5.95. The normalized spacial score (nSPS) is 11.2. The minimum Gasteiger partial charge on any atom is -0.449 e. The molecule has 0 amide bonds. The Balaban J connectivity index is 1.48. The molecule has 3 rings (SSSR count). The average Bonchev–Trinajstić information content (AvgIpc) is 2.70. The Kier molecular flexibility index (Phi) is 7.17. The van der Waals surface area contributed by atoms with Gasteiger partial charge < -0.3 is 4.42 Å². The Morgan fingerprint density at radius 2 is 1.56 bits per heavy atom. The van der Waals surface area contributed by atoms with E-state index in [1.807, 2.05) is 31.2 Å². The molecule has 3 aromatic rings. The Bertz CT molecular complexity index is 925. The number of hydrogen-bond acceptors (Lipinski definition) is 3. The van der Waals surface area contributed by atoms with E-state index in [-0.39, 0.29) is 5.43 Å². The van der Waals surface area contributed by atoms with Gasteiger partial charge in [-0.2, -0.15) is 0 Å². The maximum atomic E-state index is 12.4. The van der Waals surface area contributed by atoms with Crippen LogP contribution < -0.4 is 5.43 Å². The second-order valence-corrected chi connectivity index (χ2v) is 8.13. The van der Waals surface area contributed by atoms with Gasteiger partial charge in [0, 0.05) is 11.3 Å². The molecule has 0 saturated carbocycles. The summed E-state index contributed by atoms with van der Waals surface area (Å²) in [5, 5.41) is 1.43. The molecule has 27 heavy (non-hydrogen) atoms. The molecule has 0 aliphatic rings. The Hall–Kier alpha value is -2.00. The van der Waals surface area contributed by atoms with Crippen LogP contribution in [0.25, 0.3) is 11.0 Å². The third-order valence-corrected chi connectivity index (χ3v) is 6.06. The SMILES string of the molecule is CCCCc1ccc(CCCCSc2oc3ccccc3c(=O)c2C)cc1. The lowest BCUT2D eigenvalue weighted by atomic mass is 10.0. The van der Waals surface area contributed by atoms with Crippen molar-refractivity contribution in [3.05, 3.63) is 75.4 Å². The number of fused-ring (bicyclic) bond motifs is 1. The third kappa shape index (κ3) is 5.26. The molecule has 0 bridgehead atoms. The number of thioether (sulfide) groups is 1. The van der Waals surface area contributed by atoms with Crippen LogP contribution in [0.5, 0.6) is 0 Å². The van der Waals surface area contributed by atoms with E-state index in [2.05, 4.69) is 31.2 Å². The predicted molar refractivity (Wildman–Crippen MR) is 116 cm³/mol. The fourth-order valence-corrected chi connectivity index (χ4v) is 4.19. The monoisotopic (exact) mass is 380 g/mol. The van der Waals surface area contributed by atoms with Gasteiger partial charge >= 0.3 is 0 Å². The minimum atomic E-state index is 0.0857. The molecular formula is C24H28O2S. The number of benzene rings is 2. The summed E-state index contributed by atoms with van der Waals surface area (Å²) in [5.41, 5.74) is 4.34. The predicted octanol–water partition coefficient (Wildman–Crippen LogP) is 6.56. The van der Waals surface area contributed by atoms with Crippen molar-refractivity contribution < 1.29 is 4.42 Å². The van der Waals surface area contributed by atoms with Gasteiger partial charge in [0.15, 0.2) is 10.5 Å². The number of aryl methyl sites for hydroxylation is 2. The van der Waals surface area contributed by atoms with Gasteiger partial charge in [-0.3, -0.25) is 4.79 Å². The first kappa shape index (κ1) is 19.8. The minimum absolute atomic E-state index is 0.0857. The van der Waals surface area contributed by atoms with Gasteiger partial charge in [0.2, 0.25) is 0 Å².